The fourth-order valence-corrected chi connectivity index (χ4v) is 6.54. The molecule has 0 radical (unpaired) electrons. The molecule has 0 saturated carbocycles. The average molecular weight is 652 g/mol. The number of benzene rings is 5. The van der Waals surface area contributed by atoms with Crippen LogP contribution in [0.5, 0.6) is 5.75 Å². The van der Waals surface area contributed by atoms with Gasteiger partial charge in [-0.05, 0) is 65.4 Å². The summed E-state index contributed by atoms with van der Waals surface area (Å²) in [4.78, 5) is 17.7. The Balaban J connectivity index is 1.38. The first-order chi connectivity index (χ1) is 22.5. The van der Waals surface area contributed by atoms with Crippen molar-refractivity contribution in [3.05, 3.63) is 130 Å². The molecule has 2 heterocycles. The molecule has 9 heteroatoms. The number of Topliss-reactive ketones (excluding diaryl/α,β-unsaturated/α-hetero) is 1. The number of rotatable bonds is 8. The maximum Gasteiger partial charge on any atom is 0.198 e. The lowest BCUT2D eigenvalue weighted by Gasteiger charge is -2.34. The van der Waals surface area contributed by atoms with Crippen LogP contribution in [0.4, 0.5) is 17.1 Å². The summed E-state index contributed by atoms with van der Waals surface area (Å²) in [5.74, 6) is 0.856. The van der Waals surface area contributed by atoms with E-state index in [1.165, 1.54) is 0 Å². The van der Waals surface area contributed by atoms with Gasteiger partial charge in [0.25, 0.3) is 0 Å². The van der Waals surface area contributed by atoms with Crippen molar-refractivity contribution in [1.29, 1.82) is 0 Å². The highest BCUT2D eigenvalue weighted by atomic mass is 35.5. The summed E-state index contributed by atoms with van der Waals surface area (Å²) in [6, 6.07) is 35.8. The van der Waals surface area contributed by atoms with Crippen molar-refractivity contribution in [2.75, 3.05) is 41.1 Å². The fraction of sp³-hybridized carbons (Fsp3) is 0.189. The first-order valence-electron chi connectivity index (χ1n) is 15.2. The molecule has 1 atom stereocenters. The molecule has 5 aromatic carbocycles. The van der Waals surface area contributed by atoms with Crippen LogP contribution in [0.2, 0.25) is 10.0 Å². The standard InChI is InChI=1S/C37H32Cl2N4O3/c1-25(44)36-40-43(31-8-3-2-4-9-31)37(42(36)30-16-14-29(15-17-30)41-19-21-45-22-20-41)35-32-10-6-5-7-26(32)12-18-34(35)46-24-27-11-13-28(38)23-33(27)39/h2-18,23,37H,19-22,24H2,1H3. The van der Waals surface area contributed by atoms with E-state index in [4.69, 9.17) is 37.8 Å². The molecule has 0 aromatic heterocycles. The van der Waals surface area contributed by atoms with Crippen LogP contribution >= 0.6 is 23.2 Å². The minimum Gasteiger partial charge on any atom is -0.488 e. The molecule has 0 bridgehead atoms. The van der Waals surface area contributed by atoms with Gasteiger partial charge in [0.05, 0.1) is 18.9 Å². The molecule has 1 fully saturated rings. The molecule has 2 aliphatic heterocycles. The second kappa shape index (κ2) is 13.0. The van der Waals surface area contributed by atoms with E-state index >= 15 is 0 Å². The first kappa shape index (κ1) is 30.1. The van der Waals surface area contributed by atoms with Gasteiger partial charge < -0.3 is 14.4 Å². The summed E-state index contributed by atoms with van der Waals surface area (Å²) in [6.07, 6.45) is -0.544. The van der Waals surface area contributed by atoms with Gasteiger partial charge in [-0.15, -0.1) is 5.10 Å². The van der Waals surface area contributed by atoms with Crippen LogP contribution in [-0.2, 0) is 16.1 Å². The molecule has 0 amide bonds. The van der Waals surface area contributed by atoms with Crippen molar-refractivity contribution in [1.82, 2.24) is 0 Å². The number of carbonyl (C=O) groups is 1. The van der Waals surface area contributed by atoms with E-state index in [9.17, 15) is 4.79 Å². The van der Waals surface area contributed by atoms with Crippen LogP contribution in [0.15, 0.2) is 114 Å². The molecule has 7 rings (SSSR count). The Morgan fingerprint density at radius 3 is 2.30 bits per heavy atom. The zero-order valence-electron chi connectivity index (χ0n) is 25.3. The summed E-state index contributed by atoms with van der Waals surface area (Å²) in [5.41, 5.74) is 4.49. The van der Waals surface area contributed by atoms with Crippen LogP contribution < -0.4 is 19.5 Å². The number of nitrogens with zero attached hydrogens (tertiary/aromatic N) is 4. The molecule has 1 saturated heterocycles. The Labute approximate surface area is 278 Å². The Kier molecular flexibility index (Phi) is 8.54. The van der Waals surface area contributed by atoms with E-state index < -0.39 is 6.17 Å². The van der Waals surface area contributed by atoms with E-state index in [0.29, 0.717) is 34.8 Å². The smallest absolute Gasteiger partial charge is 0.198 e. The molecular weight excluding hydrogens is 619 g/mol. The quantitative estimate of drug-likeness (QED) is 0.168. The normalized spacial score (nSPS) is 16.5. The SMILES string of the molecule is CC(=O)C1=NN(c2ccccc2)C(c2c(OCc3ccc(Cl)cc3Cl)ccc3ccccc23)N1c1ccc(N2CCOCC2)cc1. The van der Waals surface area contributed by atoms with Crippen molar-refractivity contribution in [2.45, 2.75) is 19.7 Å². The third-order valence-electron chi connectivity index (χ3n) is 8.33. The largest absolute Gasteiger partial charge is 0.488 e. The van der Waals surface area contributed by atoms with Gasteiger partial charge in [0.15, 0.2) is 17.8 Å². The predicted octanol–water partition coefficient (Wildman–Crippen LogP) is 8.49. The number of hydrazone groups is 1. The topological polar surface area (TPSA) is 57.6 Å². The van der Waals surface area contributed by atoms with Gasteiger partial charge in [-0.1, -0.05) is 77.8 Å². The van der Waals surface area contributed by atoms with Crippen LogP contribution in [0.25, 0.3) is 10.8 Å². The van der Waals surface area contributed by atoms with E-state index in [1.54, 1.807) is 19.1 Å². The molecular formula is C37H32Cl2N4O3. The number of anilines is 3. The van der Waals surface area contributed by atoms with Gasteiger partial charge in [0, 0.05) is 52.6 Å². The molecule has 0 N–H and O–H groups in total. The van der Waals surface area contributed by atoms with Crippen molar-refractivity contribution >= 4 is 62.7 Å². The number of hydrogen-bond acceptors (Lipinski definition) is 7. The first-order valence-corrected chi connectivity index (χ1v) is 16.0. The number of carbonyl (C=O) groups excluding carboxylic acids is 1. The highest BCUT2D eigenvalue weighted by Crippen LogP contribution is 2.45. The minimum absolute atomic E-state index is 0.142. The maximum absolute atomic E-state index is 13.3. The number of halogens is 2. The Morgan fingerprint density at radius 1 is 0.848 bits per heavy atom. The van der Waals surface area contributed by atoms with Crippen LogP contribution in [0.1, 0.15) is 24.2 Å². The fourth-order valence-electron chi connectivity index (χ4n) is 6.07. The summed E-state index contributed by atoms with van der Waals surface area (Å²) in [5, 5.41) is 10.0. The van der Waals surface area contributed by atoms with E-state index in [0.717, 1.165) is 52.1 Å². The van der Waals surface area contributed by atoms with E-state index in [-0.39, 0.29) is 12.4 Å². The highest BCUT2D eigenvalue weighted by molar-refractivity contribution is 6.44. The number of para-hydroxylation sites is 1. The van der Waals surface area contributed by atoms with E-state index in [1.807, 2.05) is 70.6 Å². The van der Waals surface area contributed by atoms with Gasteiger partial charge >= 0.3 is 0 Å². The van der Waals surface area contributed by atoms with Gasteiger partial charge in [-0.3, -0.25) is 9.69 Å². The van der Waals surface area contributed by atoms with E-state index in [2.05, 4.69) is 41.3 Å². The van der Waals surface area contributed by atoms with Gasteiger partial charge in [-0.25, -0.2) is 5.01 Å². The number of morpholine rings is 1. The molecule has 0 spiro atoms. The second-order valence-electron chi connectivity index (χ2n) is 11.2. The number of hydrogen-bond donors (Lipinski definition) is 0. The van der Waals surface area contributed by atoms with Gasteiger partial charge in [-0.2, -0.15) is 0 Å². The molecule has 7 nitrogen and oxygen atoms in total. The van der Waals surface area contributed by atoms with Crippen LogP contribution in [0.3, 0.4) is 0 Å². The van der Waals surface area contributed by atoms with Crippen molar-refractivity contribution in [2.24, 2.45) is 5.10 Å². The number of fused-ring (bicyclic) bond motifs is 1. The van der Waals surface area contributed by atoms with Crippen molar-refractivity contribution in [3.8, 4) is 5.75 Å². The van der Waals surface area contributed by atoms with Crippen molar-refractivity contribution in [3.63, 3.8) is 0 Å². The lowest BCUT2D eigenvalue weighted by molar-refractivity contribution is -0.111. The Bertz CT molecular complexity index is 1910. The van der Waals surface area contributed by atoms with Crippen LogP contribution in [0, 0.1) is 0 Å². The van der Waals surface area contributed by atoms with Gasteiger partial charge in [0.2, 0.25) is 0 Å². The molecule has 5 aromatic rings. The monoisotopic (exact) mass is 650 g/mol. The lowest BCUT2D eigenvalue weighted by Crippen LogP contribution is -2.38. The molecule has 232 valence electrons. The zero-order valence-corrected chi connectivity index (χ0v) is 26.8. The minimum atomic E-state index is -0.544. The third-order valence-corrected chi connectivity index (χ3v) is 8.92. The summed E-state index contributed by atoms with van der Waals surface area (Å²) < 4.78 is 12.1. The van der Waals surface area contributed by atoms with Crippen LogP contribution in [-0.4, -0.2) is 37.9 Å². The Morgan fingerprint density at radius 2 is 1.57 bits per heavy atom. The molecule has 2 aliphatic rings. The average Bonchev–Trinajstić information content (AvgIpc) is 3.49. The summed E-state index contributed by atoms with van der Waals surface area (Å²) in [7, 11) is 0. The molecule has 0 aliphatic carbocycles. The second-order valence-corrected chi connectivity index (χ2v) is 12.1. The summed E-state index contributed by atoms with van der Waals surface area (Å²) >= 11 is 12.7. The van der Waals surface area contributed by atoms with Gasteiger partial charge in [0.1, 0.15) is 12.4 Å². The lowest BCUT2D eigenvalue weighted by atomic mass is 9.99. The Hall–Kier alpha value is -4.56. The number of ether oxygens (including phenoxy) is 2. The number of ketones is 1. The molecule has 46 heavy (non-hydrogen) atoms. The number of amidine groups is 1. The highest BCUT2D eigenvalue weighted by Gasteiger charge is 2.41. The molecule has 1 unspecified atom stereocenters. The zero-order chi connectivity index (χ0) is 31.6. The summed E-state index contributed by atoms with van der Waals surface area (Å²) in [6.45, 7) is 4.86. The maximum atomic E-state index is 13.3. The predicted molar refractivity (Wildman–Crippen MR) is 186 cm³/mol. The van der Waals surface area contributed by atoms with Crippen molar-refractivity contribution < 1.29 is 14.3 Å². The third kappa shape index (κ3) is 5.89.